The Morgan fingerprint density at radius 1 is 1.35 bits per heavy atom. The molecular weight excluding hydrogens is 253 g/mol. The molecule has 0 aliphatic heterocycles. The van der Waals surface area contributed by atoms with Gasteiger partial charge in [0.1, 0.15) is 5.75 Å². The summed E-state index contributed by atoms with van der Waals surface area (Å²) in [5, 5.41) is 0. The minimum Gasteiger partial charge on any atom is -0.406 e. The molecule has 0 heterocycles. The highest BCUT2D eigenvalue weighted by Gasteiger charge is 2.31. The van der Waals surface area contributed by atoms with E-state index in [1.54, 1.807) is 19.2 Å². The summed E-state index contributed by atoms with van der Waals surface area (Å²) in [6.45, 7) is 1.65. The number of carbonyl (C=O) groups excluding carboxylic acids is 1. The highest BCUT2D eigenvalue weighted by molar-refractivity contribution is 7.98. The summed E-state index contributed by atoms with van der Waals surface area (Å²) in [7, 11) is 0. The van der Waals surface area contributed by atoms with E-state index in [4.69, 9.17) is 0 Å². The van der Waals surface area contributed by atoms with Crippen molar-refractivity contribution in [2.24, 2.45) is 0 Å². The molecule has 17 heavy (non-hydrogen) atoms. The van der Waals surface area contributed by atoms with E-state index in [0.29, 0.717) is 4.90 Å². The minimum absolute atomic E-state index is 0.215. The third-order valence-electron chi connectivity index (χ3n) is 1.99. The van der Waals surface area contributed by atoms with Crippen molar-refractivity contribution >= 4 is 17.5 Å². The van der Waals surface area contributed by atoms with Gasteiger partial charge in [0.2, 0.25) is 0 Å². The van der Waals surface area contributed by atoms with Crippen LogP contribution in [0.1, 0.15) is 23.7 Å². The summed E-state index contributed by atoms with van der Waals surface area (Å²) in [6.07, 6.45) is -2.79. The maximum atomic E-state index is 12.1. The molecule has 2 nitrogen and oxygen atoms in total. The Kier molecular flexibility index (Phi) is 4.45. The van der Waals surface area contributed by atoms with Crippen LogP contribution in [-0.2, 0) is 0 Å². The van der Waals surface area contributed by atoms with Crippen molar-refractivity contribution in [2.75, 3.05) is 6.26 Å². The van der Waals surface area contributed by atoms with Gasteiger partial charge in [-0.2, -0.15) is 0 Å². The molecule has 0 saturated carbocycles. The standard InChI is InChI=1S/C11H11F3O2S/c1-3-10(15)7-4-8(16-11(12,13)14)6-9(5-7)17-2/h4-6H,3H2,1-2H3. The quantitative estimate of drug-likeness (QED) is 0.609. The second kappa shape index (κ2) is 5.44. The summed E-state index contributed by atoms with van der Waals surface area (Å²) >= 11 is 1.25. The smallest absolute Gasteiger partial charge is 0.406 e. The molecule has 0 aromatic heterocycles. The lowest BCUT2D eigenvalue weighted by Gasteiger charge is -2.11. The Labute approximate surface area is 101 Å². The van der Waals surface area contributed by atoms with Crippen LogP contribution in [-0.4, -0.2) is 18.4 Å². The van der Waals surface area contributed by atoms with Gasteiger partial charge in [0.15, 0.2) is 5.78 Å². The van der Waals surface area contributed by atoms with Crippen LogP contribution in [0.4, 0.5) is 13.2 Å². The van der Waals surface area contributed by atoms with Gasteiger partial charge in [-0.05, 0) is 24.5 Å². The van der Waals surface area contributed by atoms with Crippen LogP contribution in [0.25, 0.3) is 0 Å². The molecule has 0 amide bonds. The van der Waals surface area contributed by atoms with Gasteiger partial charge >= 0.3 is 6.36 Å². The molecule has 0 bridgehead atoms. The minimum atomic E-state index is -4.75. The number of carbonyl (C=O) groups is 1. The summed E-state index contributed by atoms with van der Waals surface area (Å²) in [4.78, 5) is 12.0. The van der Waals surface area contributed by atoms with Crippen LogP contribution in [0.3, 0.4) is 0 Å². The third-order valence-corrected chi connectivity index (χ3v) is 2.70. The van der Waals surface area contributed by atoms with E-state index in [-0.39, 0.29) is 23.5 Å². The Hall–Kier alpha value is -1.17. The summed E-state index contributed by atoms with van der Waals surface area (Å²) in [6, 6.07) is 3.92. The lowest BCUT2D eigenvalue weighted by atomic mass is 10.1. The van der Waals surface area contributed by atoms with Gasteiger partial charge in [-0.25, -0.2) is 0 Å². The van der Waals surface area contributed by atoms with E-state index in [1.807, 2.05) is 0 Å². The summed E-state index contributed by atoms with van der Waals surface area (Å²) in [5.41, 5.74) is 0.235. The van der Waals surface area contributed by atoms with Gasteiger partial charge in [-0.3, -0.25) is 4.79 Å². The van der Waals surface area contributed by atoms with Gasteiger partial charge in [0.05, 0.1) is 0 Å². The number of ketones is 1. The molecule has 0 radical (unpaired) electrons. The molecule has 0 aliphatic rings. The molecule has 1 aromatic rings. The fourth-order valence-electron chi connectivity index (χ4n) is 1.25. The van der Waals surface area contributed by atoms with Crippen molar-refractivity contribution in [1.29, 1.82) is 0 Å². The Morgan fingerprint density at radius 2 is 2.00 bits per heavy atom. The number of halogens is 3. The molecular formula is C11H11F3O2S. The number of benzene rings is 1. The number of Topliss-reactive ketones (excluding diaryl/α,β-unsaturated/α-hetero) is 1. The molecule has 0 aliphatic carbocycles. The fourth-order valence-corrected chi connectivity index (χ4v) is 1.73. The predicted molar refractivity (Wildman–Crippen MR) is 59.5 cm³/mol. The zero-order valence-corrected chi connectivity index (χ0v) is 10.1. The van der Waals surface area contributed by atoms with Crippen molar-refractivity contribution in [3.8, 4) is 5.75 Å². The highest BCUT2D eigenvalue weighted by atomic mass is 32.2. The SMILES string of the molecule is CCC(=O)c1cc(OC(F)(F)F)cc(SC)c1. The van der Waals surface area contributed by atoms with E-state index in [2.05, 4.69) is 4.74 Å². The molecule has 0 spiro atoms. The highest BCUT2D eigenvalue weighted by Crippen LogP contribution is 2.28. The maximum Gasteiger partial charge on any atom is 0.573 e. The van der Waals surface area contributed by atoms with Crippen molar-refractivity contribution in [2.45, 2.75) is 24.6 Å². The second-order valence-corrected chi connectivity index (χ2v) is 4.10. The van der Waals surface area contributed by atoms with Gasteiger partial charge in [0.25, 0.3) is 0 Å². The topological polar surface area (TPSA) is 26.3 Å². The number of ether oxygens (including phenoxy) is 1. The van der Waals surface area contributed by atoms with Crippen LogP contribution in [0.5, 0.6) is 5.75 Å². The molecule has 1 rings (SSSR count). The number of hydrogen-bond donors (Lipinski definition) is 0. The van der Waals surface area contributed by atoms with Crippen molar-refractivity contribution in [1.82, 2.24) is 0 Å². The number of hydrogen-bond acceptors (Lipinski definition) is 3. The summed E-state index contributed by atoms with van der Waals surface area (Å²) in [5.74, 6) is -0.575. The van der Waals surface area contributed by atoms with Crippen LogP contribution in [0, 0.1) is 0 Å². The first-order valence-electron chi connectivity index (χ1n) is 4.83. The molecule has 6 heteroatoms. The van der Waals surface area contributed by atoms with Crippen LogP contribution in [0.15, 0.2) is 23.1 Å². The first-order chi connectivity index (χ1) is 7.85. The molecule has 0 fully saturated rings. The molecule has 1 aromatic carbocycles. The number of rotatable bonds is 4. The van der Waals surface area contributed by atoms with E-state index in [0.717, 1.165) is 6.07 Å². The van der Waals surface area contributed by atoms with Crippen molar-refractivity contribution in [3.63, 3.8) is 0 Å². The van der Waals surface area contributed by atoms with Crippen LogP contribution >= 0.6 is 11.8 Å². The van der Waals surface area contributed by atoms with Crippen molar-refractivity contribution < 1.29 is 22.7 Å². The zero-order chi connectivity index (χ0) is 13.1. The molecule has 0 N–H and O–H groups in total. The molecule has 0 unspecified atom stereocenters. The fraction of sp³-hybridized carbons (Fsp3) is 0.364. The van der Waals surface area contributed by atoms with E-state index >= 15 is 0 Å². The average molecular weight is 264 g/mol. The number of thioether (sulfide) groups is 1. The van der Waals surface area contributed by atoms with Gasteiger partial charge in [-0.1, -0.05) is 6.92 Å². The van der Waals surface area contributed by atoms with E-state index in [9.17, 15) is 18.0 Å². The lowest BCUT2D eigenvalue weighted by Crippen LogP contribution is -2.17. The first kappa shape index (κ1) is 13.9. The normalized spacial score (nSPS) is 11.4. The Morgan fingerprint density at radius 3 is 2.47 bits per heavy atom. The maximum absolute atomic E-state index is 12.1. The van der Waals surface area contributed by atoms with Gasteiger partial charge < -0.3 is 4.74 Å². The Balaban J connectivity index is 3.09. The first-order valence-corrected chi connectivity index (χ1v) is 6.06. The monoisotopic (exact) mass is 264 g/mol. The average Bonchev–Trinajstić information content (AvgIpc) is 2.25. The molecule has 0 saturated heterocycles. The second-order valence-electron chi connectivity index (χ2n) is 3.22. The summed E-state index contributed by atoms with van der Waals surface area (Å²) < 4.78 is 40.0. The Bertz CT molecular complexity index is 416. The van der Waals surface area contributed by atoms with E-state index in [1.165, 1.54) is 17.8 Å². The third kappa shape index (κ3) is 4.30. The van der Waals surface area contributed by atoms with Gasteiger partial charge in [-0.15, -0.1) is 24.9 Å². The molecule has 94 valence electrons. The van der Waals surface area contributed by atoms with Gasteiger partial charge in [0, 0.05) is 16.9 Å². The van der Waals surface area contributed by atoms with Crippen LogP contribution < -0.4 is 4.74 Å². The molecule has 0 atom stereocenters. The number of alkyl halides is 3. The van der Waals surface area contributed by atoms with Crippen LogP contribution in [0.2, 0.25) is 0 Å². The predicted octanol–water partition coefficient (Wildman–Crippen LogP) is 3.90. The zero-order valence-electron chi connectivity index (χ0n) is 9.30. The largest absolute Gasteiger partial charge is 0.573 e. The lowest BCUT2D eigenvalue weighted by molar-refractivity contribution is -0.274. The van der Waals surface area contributed by atoms with E-state index < -0.39 is 6.36 Å². The van der Waals surface area contributed by atoms with Crippen molar-refractivity contribution in [3.05, 3.63) is 23.8 Å².